The monoisotopic (exact) mass is 669 g/mol. The molecule has 4 aromatic carbocycles. The molecule has 1 aliphatic heterocycles. The first-order chi connectivity index (χ1) is 18.3. The minimum atomic E-state index is -0.863. The molecule has 0 fully saturated rings. The summed E-state index contributed by atoms with van der Waals surface area (Å²) in [6, 6.07) is 30.3. The van der Waals surface area contributed by atoms with Gasteiger partial charge in [-0.25, -0.2) is 0 Å². The van der Waals surface area contributed by atoms with Crippen LogP contribution in [0.15, 0.2) is 105 Å². The second-order valence-electron chi connectivity index (χ2n) is 9.46. The first kappa shape index (κ1) is 27.5. The number of halogens is 3. The molecule has 0 aliphatic carbocycles. The van der Waals surface area contributed by atoms with E-state index >= 15 is 0 Å². The fraction of sp³-hybridized carbons (Fsp3) is 0.194. The van der Waals surface area contributed by atoms with E-state index in [1.165, 1.54) is 11.1 Å². The summed E-state index contributed by atoms with van der Waals surface area (Å²) < 4.78 is 7.23. The van der Waals surface area contributed by atoms with Crippen LogP contribution in [0, 0.1) is 6.92 Å². The number of benzene rings is 4. The number of thioether (sulfide) groups is 1. The fourth-order valence-electron chi connectivity index (χ4n) is 4.67. The van der Waals surface area contributed by atoms with Gasteiger partial charge in [0.25, 0.3) is 0 Å². The molecule has 4 aromatic rings. The van der Waals surface area contributed by atoms with Crippen molar-refractivity contribution in [2.75, 3.05) is 13.2 Å². The van der Waals surface area contributed by atoms with Crippen LogP contribution in [0.2, 0.25) is 5.02 Å². The van der Waals surface area contributed by atoms with Crippen LogP contribution in [-0.4, -0.2) is 28.6 Å². The number of carbonyl (C=O) groups is 1. The summed E-state index contributed by atoms with van der Waals surface area (Å²) in [6.07, 6.45) is 0. The maximum absolute atomic E-state index is 14.5. The van der Waals surface area contributed by atoms with E-state index in [1.807, 2.05) is 49.4 Å². The fourth-order valence-corrected chi connectivity index (χ4v) is 7.32. The third kappa shape index (κ3) is 6.05. The largest absolute Gasteiger partial charge is 0.490 e. The number of carbonyl (C=O) groups excluding carboxylic acids is 1. The highest BCUT2D eigenvalue weighted by Crippen LogP contribution is 2.47. The average Bonchev–Trinajstić information content (AvgIpc) is 2.92. The molecule has 5 rings (SSSR count). The van der Waals surface area contributed by atoms with Gasteiger partial charge in [-0.1, -0.05) is 88.2 Å². The number of nitrogens with zero attached hydrogens (tertiary/aromatic N) is 1. The molecule has 1 heterocycles. The summed E-state index contributed by atoms with van der Waals surface area (Å²) in [5.41, 5.74) is 3.98. The zero-order valence-electron chi connectivity index (χ0n) is 20.8. The van der Waals surface area contributed by atoms with Crippen LogP contribution in [0.25, 0.3) is 0 Å². The van der Waals surface area contributed by atoms with Crippen molar-refractivity contribution in [3.63, 3.8) is 0 Å². The lowest BCUT2D eigenvalue weighted by molar-refractivity contribution is 0.0808. The number of hydrogen-bond acceptors (Lipinski definition) is 4. The molecule has 0 saturated carbocycles. The van der Waals surface area contributed by atoms with Gasteiger partial charge in [-0.15, -0.1) is 11.8 Å². The summed E-state index contributed by atoms with van der Waals surface area (Å²) in [6.45, 7) is 4.17. The molecule has 194 valence electrons. The van der Waals surface area contributed by atoms with E-state index in [1.54, 1.807) is 11.8 Å². The molecule has 0 saturated heterocycles. The topological polar surface area (TPSA) is 29.5 Å². The van der Waals surface area contributed by atoms with Crippen molar-refractivity contribution in [1.82, 2.24) is 4.90 Å². The van der Waals surface area contributed by atoms with Crippen LogP contribution >= 0.6 is 55.2 Å². The Morgan fingerprint density at radius 1 is 0.921 bits per heavy atom. The SMILES string of the molecule is Cc1c(Br)cc2c(c1Br)OCC(CN(Cc1ccccc1)Cc1ccccc1)(Sc1ccc(Cl)cc1)C2=O. The predicted molar refractivity (Wildman–Crippen MR) is 163 cm³/mol. The van der Waals surface area contributed by atoms with E-state index < -0.39 is 4.75 Å². The second kappa shape index (κ2) is 12.0. The lowest BCUT2D eigenvalue weighted by Crippen LogP contribution is -2.52. The molecule has 1 aliphatic rings. The first-order valence-electron chi connectivity index (χ1n) is 12.3. The Balaban J connectivity index is 1.56. The standard InChI is InChI=1S/C31H26Br2ClNO2S/c1-21-27(32)16-26-29(28(21)33)37-20-31(30(26)36,38-25-14-12-24(34)13-15-25)19-35(17-22-8-4-2-5-9-22)18-23-10-6-3-7-11-23/h2-16H,17-20H2,1H3. The van der Waals surface area contributed by atoms with E-state index in [2.05, 4.69) is 85.3 Å². The molecule has 0 spiro atoms. The van der Waals surface area contributed by atoms with Crippen LogP contribution in [0.5, 0.6) is 5.75 Å². The van der Waals surface area contributed by atoms with Crippen LogP contribution < -0.4 is 4.74 Å². The van der Waals surface area contributed by atoms with E-state index in [4.69, 9.17) is 16.3 Å². The third-order valence-electron chi connectivity index (χ3n) is 6.61. The third-order valence-corrected chi connectivity index (χ3v) is 9.98. The Morgan fingerprint density at radius 2 is 1.50 bits per heavy atom. The lowest BCUT2D eigenvalue weighted by Gasteiger charge is -2.40. The van der Waals surface area contributed by atoms with Crippen molar-refractivity contribution >= 4 is 61.0 Å². The quantitative estimate of drug-likeness (QED) is 0.187. The highest BCUT2D eigenvalue weighted by atomic mass is 79.9. The number of fused-ring (bicyclic) bond motifs is 1. The Bertz CT molecular complexity index is 1390. The summed E-state index contributed by atoms with van der Waals surface area (Å²) in [5.74, 6) is 0.673. The minimum Gasteiger partial charge on any atom is -0.490 e. The number of hydrogen-bond donors (Lipinski definition) is 0. The maximum atomic E-state index is 14.5. The number of ketones is 1. The van der Waals surface area contributed by atoms with E-state index in [-0.39, 0.29) is 12.4 Å². The van der Waals surface area contributed by atoms with E-state index in [0.717, 1.165) is 19.4 Å². The van der Waals surface area contributed by atoms with Crippen LogP contribution in [0.3, 0.4) is 0 Å². The van der Waals surface area contributed by atoms with Gasteiger partial charge in [0.2, 0.25) is 0 Å². The average molecular weight is 672 g/mol. The lowest BCUT2D eigenvalue weighted by atomic mass is 9.92. The predicted octanol–water partition coefficient (Wildman–Crippen LogP) is 8.98. The molecule has 1 atom stereocenters. The van der Waals surface area contributed by atoms with Gasteiger partial charge in [0.1, 0.15) is 17.1 Å². The van der Waals surface area contributed by atoms with Gasteiger partial charge in [0.15, 0.2) is 5.78 Å². The number of ether oxygens (including phenoxy) is 1. The Kier molecular flexibility index (Phi) is 8.65. The van der Waals surface area contributed by atoms with Gasteiger partial charge in [-0.3, -0.25) is 9.69 Å². The molecule has 0 N–H and O–H groups in total. The van der Waals surface area contributed by atoms with Crippen molar-refractivity contribution < 1.29 is 9.53 Å². The normalized spacial score (nSPS) is 16.8. The molecule has 0 aromatic heterocycles. The Labute approximate surface area is 249 Å². The van der Waals surface area contributed by atoms with Crippen molar-refractivity contribution in [2.24, 2.45) is 0 Å². The summed E-state index contributed by atoms with van der Waals surface area (Å²) in [4.78, 5) is 17.8. The van der Waals surface area contributed by atoms with Crippen molar-refractivity contribution in [3.8, 4) is 5.75 Å². The summed E-state index contributed by atoms with van der Waals surface area (Å²) in [5, 5.41) is 0.665. The van der Waals surface area contributed by atoms with Gasteiger partial charge in [-0.05, 0) is 69.9 Å². The highest BCUT2D eigenvalue weighted by Gasteiger charge is 2.47. The van der Waals surface area contributed by atoms with Crippen molar-refractivity contribution in [3.05, 3.63) is 127 Å². The molecule has 0 bridgehead atoms. The molecule has 7 heteroatoms. The van der Waals surface area contributed by atoms with Crippen LogP contribution in [0.1, 0.15) is 27.0 Å². The zero-order chi connectivity index (χ0) is 26.7. The van der Waals surface area contributed by atoms with Crippen LogP contribution in [-0.2, 0) is 13.1 Å². The molecule has 0 radical (unpaired) electrons. The maximum Gasteiger partial charge on any atom is 0.187 e. The van der Waals surface area contributed by atoms with Gasteiger partial charge < -0.3 is 4.74 Å². The zero-order valence-corrected chi connectivity index (χ0v) is 25.5. The minimum absolute atomic E-state index is 0.0613. The van der Waals surface area contributed by atoms with Gasteiger partial charge in [0.05, 0.1) is 10.0 Å². The number of Topliss-reactive ketones (excluding diaryl/α,β-unsaturated/α-hetero) is 1. The van der Waals surface area contributed by atoms with E-state index in [0.29, 0.717) is 36.0 Å². The number of rotatable bonds is 8. The second-order valence-corrected chi connectivity index (χ2v) is 13.0. The van der Waals surface area contributed by atoms with Crippen LogP contribution in [0.4, 0.5) is 0 Å². The first-order valence-corrected chi connectivity index (χ1v) is 15.0. The molecular weight excluding hydrogens is 646 g/mol. The van der Waals surface area contributed by atoms with Crippen molar-refractivity contribution in [2.45, 2.75) is 29.7 Å². The van der Waals surface area contributed by atoms with Gasteiger partial charge >= 0.3 is 0 Å². The molecule has 0 amide bonds. The highest BCUT2D eigenvalue weighted by molar-refractivity contribution is 9.11. The van der Waals surface area contributed by atoms with Gasteiger partial charge in [-0.2, -0.15) is 0 Å². The summed E-state index contributed by atoms with van der Waals surface area (Å²) >= 11 is 15.0. The molecule has 1 unspecified atom stereocenters. The van der Waals surface area contributed by atoms with Crippen molar-refractivity contribution in [1.29, 1.82) is 0 Å². The Hall–Kier alpha value is -2.09. The smallest absolute Gasteiger partial charge is 0.187 e. The molecule has 3 nitrogen and oxygen atoms in total. The molecular formula is C31H26Br2ClNO2S. The van der Waals surface area contributed by atoms with Gasteiger partial charge in [0, 0.05) is 34.0 Å². The molecule has 38 heavy (non-hydrogen) atoms. The summed E-state index contributed by atoms with van der Waals surface area (Å²) in [7, 11) is 0. The Morgan fingerprint density at radius 3 is 2.08 bits per heavy atom. The van der Waals surface area contributed by atoms with E-state index in [9.17, 15) is 4.79 Å².